The number of carbonyl (C=O) groups is 1. The van der Waals surface area contributed by atoms with E-state index in [1.807, 2.05) is 32.9 Å². The fourth-order valence-corrected chi connectivity index (χ4v) is 6.01. The van der Waals surface area contributed by atoms with E-state index in [1.54, 1.807) is 18.3 Å². The van der Waals surface area contributed by atoms with E-state index in [0.29, 0.717) is 30.7 Å². The topological polar surface area (TPSA) is 63.7 Å². The third-order valence-corrected chi connectivity index (χ3v) is 7.74. The van der Waals surface area contributed by atoms with E-state index in [9.17, 15) is 9.18 Å². The highest BCUT2D eigenvalue weighted by Gasteiger charge is 2.44. The van der Waals surface area contributed by atoms with Crippen molar-refractivity contribution < 1.29 is 18.7 Å². The average Bonchev–Trinajstić information content (AvgIpc) is 3.49. The predicted octanol–water partition coefficient (Wildman–Crippen LogP) is 5.78. The lowest BCUT2D eigenvalue weighted by atomic mass is 9.99. The highest BCUT2D eigenvalue weighted by molar-refractivity contribution is 5.94. The normalized spacial score (nSPS) is 20.8. The second kappa shape index (κ2) is 11.5. The van der Waals surface area contributed by atoms with Crippen molar-refractivity contribution in [3.63, 3.8) is 0 Å². The van der Waals surface area contributed by atoms with Crippen LogP contribution in [-0.2, 0) is 6.54 Å². The summed E-state index contributed by atoms with van der Waals surface area (Å²) in [7, 11) is 0. The minimum absolute atomic E-state index is 0.0410. The van der Waals surface area contributed by atoms with Gasteiger partial charge in [0, 0.05) is 30.5 Å². The van der Waals surface area contributed by atoms with Gasteiger partial charge in [0.15, 0.2) is 0 Å². The van der Waals surface area contributed by atoms with Crippen LogP contribution in [0.2, 0.25) is 0 Å². The SMILES string of the molecule is CCOc1cc(CN2CC[C@H]3C(NC(=O)c4ccc(C)nc4)CC[C@H]32)cc(OCC)c1-c1ccc(F)cc1. The van der Waals surface area contributed by atoms with Crippen LogP contribution in [-0.4, -0.2) is 47.6 Å². The molecule has 1 aliphatic carbocycles. The molecule has 7 heteroatoms. The maximum Gasteiger partial charge on any atom is 0.253 e. The molecule has 2 fully saturated rings. The minimum Gasteiger partial charge on any atom is -0.493 e. The predicted molar refractivity (Wildman–Crippen MR) is 146 cm³/mol. The van der Waals surface area contributed by atoms with Gasteiger partial charge in [-0.15, -0.1) is 0 Å². The molecule has 1 unspecified atom stereocenters. The third kappa shape index (κ3) is 5.53. The molecule has 1 aliphatic heterocycles. The van der Waals surface area contributed by atoms with Crippen molar-refractivity contribution in [1.82, 2.24) is 15.2 Å². The van der Waals surface area contributed by atoms with Gasteiger partial charge in [0.2, 0.25) is 0 Å². The smallest absolute Gasteiger partial charge is 0.253 e. The van der Waals surface area contributed by atoms with Crippen molar-refractivity contribution in [2.75, 3.05) is 19.8 Å². The fraction of sp³-hybridized carbons (Fsp3) is 0.419. The summed E-state index contributed by atoms with van der Waals surface area (Å²) in [6.07, 6.45) is 4.76. The number of aromatic nitrogens is 1. The zero-order valence-corrected chi connectivity index (χ0v) is 22.4. The molecule has 2 heterocycles. The van der Waals surface area contributed by atoms with Crippen molar-refractivity contribution in [3.05, 3.63) is 77.4 Å². The maximum absolute atomic E-state index is 13.6. The Kier molecular flexibility index (Phi) is 7.93. The number of hydrogen-bond acceptors (Lipinski definition) is 5. The van der Waals surface area contributed by atoms with Crippen LogP contribution in [0.15, 0.2) is 54.7 Å². The van der Waals surface area contributed by atoms with Crippen molar-refractivity contribution in [3.8, 4) is 22.6 Å². The number of nitrogens with zero attached hydrogens (tertiary/aromatic N) is 2. The molecule has 2 aromatic carbocycles. The summed E-state index contributed by atoms with van der Waals surface area (Å²) in [6, 6.07) is 15.0. The summed E-state index contributed by atoms with van der Waals surface area (Å²) < 4.78 is 25.7. The molecule has 0 bridgehead atoms. The van der Waals surface area contributed by atoms with Gasteiger partial charge in [-0.2, -0.15) is 0 Å². The molecule has 0 spiro atoms. The van der Waals surface area contributed by atoms with Crippen LogP contribution in [0.25, 0.3) is 11.1 Å². The lowest BCUT2D eigenvalue weighted by Crippen LogP contribution is -2.39. The highest BCUT2D eigenvalue weighted by Crippen LogP contribution is 2.43. The molecule has 1 saturated heterocycles. The summed E-state index contributed by atoms with van der Waals surface area (Å²) in [4.78, 5) is 19.6. The highest BCUT2D eigenvalue weighted by atomic mass is 19.1. The lowest BCUT2D eigenvalue weighted by Gasteiger charge is -2.26. The van der Waals surface area contributed by atoms with Crippen LogP contribution in [0.3, 0.4) is 0 Å². The molecule has 2 aliphatic rings. The number of likely N-dealkylation sites (tertiary alicyclic amines) is 1. The van der Waals surface area contributed by atoms with E-state index >= 15 is 0 Å². The second-order valence-electron chi connectivity index (χ2n) is 10.2. The third-order valence-electron chi connectivity index (χ3n) is 7.74. The largest absolute Gasteiger partial charge is 0.493 e. The molecule has 38 heavy (non-hydrogen) atoms. The molecule has 1 aromatic heterocycles. The molecule has 1 N–H and O–H groups in total. The standard InChI is InChI=1S/C31H36FN3O3/c1-4-37-28-16-21(17-29(38-5-2)30(28)22-8-10-24(32)11-9-22)19-35-15-14-25-26(12-13-27(25)35)34-31(36)23-7-6-20(3)33-18-23/h6-11,16-18,25-27H,4-5,12-15,19H2,1-3H3,(H,34,36)/t25-,26?,27+/m0/s1. The van der Waals surface area contributed by atoms with E-state index in [0.717, 1.165) is 66.2 Å². The number of halogens is 1. The summed E-state index contributed by atoms with van der Waals surface area (Å²) in [5.74, 6) is 1.62. The first-order valence-electron chi connectivity index (χ1n) is 13.6. The first-order chi connectivity index (χ1) is 18.5. The van der Waals surface area contributed by atoms with E-state index < -0.39 is 0 Å². The minimum atomic E-state index is -0.272. The summed E-state index contributed by atoms with van der Waals surface area (Å²) >= 11 is 0. The number of benzene rings is 2. The molecule has 6 nitrogen and oxygen atoms in total. The number of ether oxygens (including phenoxy) is 2. The molecule has 1 saturated carbocycles. The van der Waals surface area contributed by atoms with E-state index in [1.165, 1.54) is 12.1 Å². The van der Waals surface area contributed by atoms with Gasteiger partial charge in [-0.05, 0) is 100 Å². The van der Waals surface area contributed by atoms with Crippen LogP contribution in [0.1, 0.15) is 54.7 Å². The van der Waals surface area contributed by atoms with Gasteiger partial charge in [0.05, 0.1) is 24.3 Å². The van der Waals surface area contributed by atoms with Gasteiger partial charge in [-0.25, -0.2) is 4.39 Å². The number of carbonyl (C=O) groups excluding carboxylic acids is 1. The fourth-order valence-electron chi connectivity index (χ4n) is 6.01. The number of amides is 1. The van der Waals surface area contributed by atoms with Crippen LogP contribution in [0.5, 0.6) is 11.5 Å². The Labute approximate surface area is 224 Å². The van der Waals surface area contributed by atoms with Crippen LogP contribution in [0, 0.1) is 18.7 Å². The Bertz CT molecular complexity index is 1240. The van der Waals surface area contributed by atoms with Crippen LogP contribution < -0.4 is 14.8 Å². The Morgan fingerprint density at radius 2 is 1.74 bits per heavy atom. The molecule has 3 aromatic rings. The zero-order valence-electron chi connectivity index (χ0n) is 22.4. The van der Waals surface area contributed by atoms with Gasteiger partial charge >= 0.3 is 0 Å². The second-order valence-corrected chi connectivity index (χ2v) is 10.2. The van der Waals surface area contributed by atoms with Crippen molar-refractivity contribution in [1.29, 1.82) is 0 Å². The van der Waals surface area contributed by atoms with E-state index in [4.69, 9.17) is 9.47 Å². The number of rotatable bonds is 9. The van der Waals surface area contributed by atoms with Crippen molar-refractivity contribution in [2.24, 2.45) is 5.92 Å². The maximum atomic E-state index is 13.6. The molecule has 3 atom stereocenters. The molecule has 5 rings (SSSR count). The molecule has 1 amide bonds. The van der Waals surface area contributed by atoms with Gasteiger partial charge in [0.25, 0.3) is 5.91 Å². The van der Waals surface area contributed by atoms with Crippen LogP contribution >= 0.6 is 0 Å². The number of nitrogens with one attached hydrogen (secondary N) is 1. The number of hydrogen-bond donors (Lipinski definition) is 1. The molecule has 200 valence electrons. The molecular weight excluding hydrogens is 481 g/mol. The van der Waals surface area contributed by atoms with Gasteiger partial charge in [0.1, 0.15) is 17.3 Å². The van der Waals surface area contributed by atoms with Gasteiger partial charge in [-0.3, -0.25) is 14.7 Å². The van der Waals surface area contributed by atoms with E-state index in [2.05, 4.69) is 27.3 Å². The van der Waals surface area contributed by atoms with Gasteiger partial charge < -0.3 is 14.8 Å². The zero-order chi connectivity index (χ0) is 26.6. The number of fused-ring (bicyclic) bond motifs is 1. The monoisotopic (exact) mass is 517 g/mol. The first-order valence-corrected chi connectivity index (χ1v) is 13.6. The quantitative estimate of drug-likeness (QED) is 0.390. The molecule has 0 radical (unpaired) electrons. The Morgan fingerprint density at radius 3 is 2.37 bits per heavy atom. The summed E-state index contributed by atoms with van der Waals surface area (Å²) in [6.45, 7) is 8.67. The Hall–Kier alpha value is -3.45. The van der Waals surface area contributed by atoms with E-state index in [-0.39, 0.29) is 17.8 Å². The van der Waals surface area contributed by atoms with Gasteiger partial charge in [-0.1, -0.05) is 12.1 Å². The average molecular weight is 518 g/mol. The van der Waals surface area contributed by atoms with Crippen LogP contribution in [0.4, 0.5) is 4.39 Å². The Morgan fingerprint density at radius 1 is 1.03 bits per heavy atom. The Balaban J connectivity index is 1.33. The number of aryl methyl sites for hydroxylation is 1. The summed E-state index contributed by atoms with van der Waals surface area (Å²) in [5, 5.41) is 3.28. The summed E-state index contributed by atoms with van der Waals surface area (Å²) in [5.41, 5.74) is 4.36. The van der Waals surface area contributed by atoms with Crippen molar-refractivity contribution in [2.45, 2.75) is 58.7 Å². The van der Waals surface area contributed by atoms with Crippen molar-refractivity contribution >= 4 is 5.91 Å². The molecular formula is C31H36FN3O3. The first kappa shape index (κ1) is 26.2. The lowest BCUT2D eigenvalue weighted by molar-refractivity contribution is 0.0926. The number of pyridine rings is 1.